The van der Waals surface area contributed by atoms with E-state index < -0.39 is 17.6 Å². The topological polar surface area (TPSA) is 72.1 Å². The number of nitriles is 1. The Kier molecular flexibility index (Phi) is 5.51. The Morgan fingerprint density at radius 1 is 1.40 bits per heavy atom. The van der Waals surface area contributed by atoms with E-state index in [0.717, 1.165) is 6.42 Å². The van der Waals surface area contributed by atoms with Gasteiger partial charge in [-0.3, -0.25) is 9.36 Å². The van der Waals surface area contributed by atoms with E-state index in [1.54, 1.807) is 19.9 Å². The molecule has 1 rings (SSSR count). The van der Waals surface area contributed by atoms with Crippen molar-refractivity contribution >= 4 is 5.97 Å². The van der Waals surface area contributed by atoms with Crippen molar-refractivity contribution in [2.75, 3.05) is 6.61 Å². The first-order valence-corrected chi connectivity index (χ1v) is 6.67. The quantitative estimate of drug-likeness (QED) is 0.773. The maximum absolute atomic E-state index is 12.1. The third-order valence-electron chi connectivity index (χ3n) is 3.11. The molecule has 20 heavy (non-hydrogen) atoms. The number of hydrogen-bond acceptors (Lipinski definition) is 4. The second-order valence-corrected chi connectivity index (χ2v) is 5.20. The van der Waals surface area contributed by atoms with Crippen LogP contribution in [-0.2, 0) is 9.53 Å². The van der Waals surface area contributed by atoms with Gasteiger partial charge in [-0.05, 0) is 38.3 Å². The number of carbonyl (C=O) groups is 1. The van der Waals surface area contributed by atoms with E-state index in [2.05, 4.69) is 0 Å². The van der Waals surface area contributed by atoms with Crippen molar-refractivity contribution in [1.82, 2.24) is 4.57 Å². The zero-order valence-corrected chi connectivity index (χ0v) is 12.3. The Morgan fingerprint density at radius 2 is 2.05 bits per heavy atom. The van der Waals surface area contributed by atoms with Crippen molar-refractivity contribution in [3.05, 3.63) is 33.7 Å². The molecule has 1 atom stereocenters. The third-order valence-corrected chi connectivity index (χ3v) is 3.11. The van der Waals surface area contributed by atoms with Crippen LogP contribution in [0.5, 0.6) is 0 Å². The molecule has 1 aromatic heterocycles. The molecular formula is C15H20N2O3. The summed E-state index contributed by atoms with van der Waals surface area (Å²) in [6.07, 6.45) is 0.782. The van der Waals surface area contributed by atoms with Crippen LogP contribution in [0.4, 0.5) is 0 Å². The van der Waals surface area contributed by atoms with E-state index in [1.807, 2.05) is 19.9 Å². The lowest BCUT2D eigenvalue weighted by atomic mass is 10.1. The molecule has 0 aliphatic rings. The molecular weight excluding hydrogens is 256 g/mol. The van der Waals surface area contributed by atoms with Gasteiger partial charge in [-0.1, -0.05) is 13.8 Å². The molecule has 0 amide bonds. The molecule has 108 valence electrons. The molecule has 0 aliphatic heterocycles. The number of aryl methyl sites for hydroxylation is 1. The number of pyridine rings is 1. The molecule has 0 radical (unpaired) electrons. The minimum atomic E-state index is -0.733. The monoisotopic (exact) mass is 276 g/mol. The summed E-state index contributed by atoms with van der Waals surface area (Å²) in [5, 5.41) is 8.88. The van der Waals surface area contributed by atoms with E-state index in [-0.39, 0.29) is 5.56 Å². The van der Waals surface area contributed by atoms with E-state index in [9.17, 15) is 9.59 Å². The van der Waals surface area contributed by atoms with Crippen LogP contribution in [0.25, 0.3) is 0 Å². The van der Waals surface area contributed by atoms with Gasteiger partial charge in [0.2, 0.25) is 0 Å². The van der Waals surface area contributed by atoms with Crippen LogP contribution in [-0.4, -0.2) is 17.1 Å². The van der Waals surface area contributed by atoms with Crippen molar-refractivity contribution in [2.45, 2.75) is 40.2 Å². The SMILES string of the molecule is Cc1ccc(C#N)c(=O)n1C(C)C(=O)OCCC(C)C. The lowest BCUT2D eigenvalue weighted by Crippen LogP contribution is -2.32. The summed E-state index contributed by atoms with van der Waals surface area (Å²) in [7, 11) is 0. The van der Waals surface area contributed by atoms with Gasteiger partial charge in [0.25, 0.3) is 5.56 Å². The predicted octanol–water partition coefficient (Wildman–Crippen LogP) is 2.18. The van der Waals surface area contributed by atoms with Crippen LogP contribution in [0.15, 0.2) is 16.9 Å². The fourth-order valence-electron chi connectivity index (χ4n) is 1.83. The molecule has 5 heteroatoms. The summed E-state index contributed by atoms with van der Waals surface area (Å²) in [4.78, 5) is 24.0. The molecule has 0 bridgehead atoms. The van der Waals surface area contributed by atoms with Gasteiger partial charge in [0.1, 0.15) is 17.7 Å². The third kappa shape index (κ3) is 3.70. The van der Waals surface area contributed by atoms with Crippen LogP contribution in [0.2, 0.25) is 0 Å². The molecule has 0 aliphatic carbocycles. The number of hydrogen-bond donors (Lipinski definition) is 0. The largest absolute Gasteiger partial charge is 0.464 e. The van der Waals surface area contributed by atoms with Crippen molar-refractivity contribution in [1.29, 1.82) is 5.26 Å². The lowest BCUT2D eigenvalue weighted by Gasteiger charge is -2.17. The zero-order chi connectivity index (χ0) is 15.3. The summed E-state index contributed by atoms with van der Waals surface area (Å²) in [6, 6.07) is 4.21. The van der Waals surface area contributed by atoms with Crippen LogP contribution in [0, 0.1) is 24.2 Å². The fourth-order valence-corrected chi connectivity index (χ4v) is 1.83. The Labute approximate surface area is 118 Å². The molecule has 0 saturated carbocycles. The van der Waals surface area contributed by atoms with Gasteiger partial charge < -0.3 is 4.74 Å². The van der Waals surface area contributed by atoms with Crippen LogP contribution < -0.4 is 5.56 Å². The van der Waals surface area contributed by atoms with Crippen molar-refractivity contribution in [3.63, 3.8) is 0 Å². The van der Waals surface area contributed by atoms with Gasteiger partial charge in [-0.15, -0.1) is 0 Å². The van der Waals surface area contributed by atoms with Gasteiger partial charge >= 0.3 is 5.97 Å². The van der Waals surface area contributed by atoms with Crippen molar-refractivity contribution < 1.29 is 9.53 Å². The highest BCUT2D eigenvalue weighted by molar-refractivity contribution is 5.74. The number of ether oxygens (including phenoxy) is 1. The molecule has 1 unspecified atom stereocenters. The highest BCUT2D eigenvalue weighted by Gasteiger charge is 2.20. The Balaban J connectivity index is 2.92. The summed E-state index contributed by atoms with van der Waals surface area (Å²) in [6.45, 7) is 7.75. The molecule has 1 aromatic rings. The average Bonchev–Trinajstić information content (AvgIpc) is 2.38. The van der Waals surface area contributed by atoms with E-state index >= 15 is 0 Å². The number of nitrogens with zero attached hydrogens (tertiary/aromatic N) is 2. The standard InChI is InChI=1S/C15H20N2O3/c1-10(2)7-8-20-15(19)12(4)17-11(3)5-6-13(9-16)14(17)18/h5-6,10,12H,7-8H2,1-4H3. The maximum atomic E-state index is 12.1. The second kappa shape index (κ2) is 6.90. The van der Waals surface area contributed by atoms with Crippen LogP contribution in [0.3, 0.4) is 0 Å². The first-order chi connectivity index (χ1) is 9.38. The van der Waals surface area contributed by atoms with Crippen LogP contribution in [0.1, 0.15) is 44.5 Å². The minimum Gasteiger partial charge on any atom is -0.464 e. The smallest absolute Gasteiger partial charge is 0.328 e. The summed E-state index contributed by atoms with van der Waals surface area (Å²) >= 11 is 0. The lowest BCUT2D eigenvalue weighted by molar-refractivity contribution is -0.147. The van der Waals surface area contributed by atoms with Gasteiger partial charge in [-0.25, -0.2) is 4.79 Å². The zero-order valence-electron chi connectivity index (χ0n) is 12.3. The Morgan fingerprint density at radius 3 is 2.60 bits per heavy atom. The van der Waals surface area contributed by atoms with Crippen molar-refractivity contribution in [2.24, 2.45) is 5.92 Å². The number of carbonyl (C=O) groups excluding carboxylic acids is 1. The highest BCUT2D eigenvalue weighted by Crippen LogP contribution is 2.10. The molecule has 1 heterocycles. The Hall–Kier alpha value is -2.09. The highest BCUT2D eigenvalue weighted by atomic mass is 16.5. The van der Waals surface area contributed by atoms with E-state index in [4.69, 9.17) is 10.00 Å². The van der Waals surface area contributed by atoms with E-state index in [1.165, 1.54) is 10.6 Å². The summed E-state index contributed by atoms with van der Waals surface area (Å²) in [5.41, 5.74) is 0.195. The molecule has 5 nitrogen and oxygen atoms in total. The molecule has 0 aromatic carbocycles. The minimum absolute atomic E-state index is 0.0254. The van der Waals surface area contributed by atoms with E-state index in [0.29, 0.717) is 18.2 Å². The van der Waals surface area contributed by atoms with Gasteiger partial charge in [0.15, 0.2) is 0 Å². The number of aromatic nitrogens is 1. The summed E-state index contributed by atoms with van der Waals surface area (Å²) < 4.78 is 6.47. The second-order valence-electron chi connectivity index (χ2n) is 5.20. The summed E-state index contributed by atoms with van der Waals surface area (Å²) in [5.74, 6) is -0.00424. The first kappa shape index (κ1) is 16.0. The number of esters is 1. The first-order valence-electron chi connectivity index (χ1n) is 6.67. The fraction of sp³-hybridized carbons (Fsp3) is 0.533. The average molecular weight is 276 g/mol. The Bertz CT molecular complexity index is 582. The van der Waals surface area contributed by atoms with Crippen LogP contribution >= 0.6 is 0 Å². The maximum Gasteiger partial charge on any atom is 0.328 e. The van der Waals surface area contributed by atoms with Gasteiger partial charge in [-0.2, -0.15) is 5.26 Å². The number of rotatable bonds is 5. The van der Waals surface area contributed by atoms with Crippen molar-refractivity contribution in [3.8, 4) is 6.07 Å². The molecule has 0 saturated heterocycles. The van der Waals surface area contributed by atoms with Gasteiger partial charge in [0.05, 0.1) is 6.61 Å². The normalized spacial score (nSPS) is 12.0. The van der Waals surface area contributed by atoms with Gasteiger partial charge in [0, 0.05) is 5.69 Å². The molecule has 0 spiro atoms. The predicted molar refractivity (Wildman–Crippen MR) is 75.3 cm³/mol. The molecule has 0 N–H and O–H groups in total. The molecule has 0 fully saturated rings.